The van der Waals surface area contributed by atoms with Gasteiger partial charge in [-0.25, -0.2) is 0 Å². The van der Waals surface area contributed by atoms with E-state index in [2.05, 4.69) is 66.7 Å². The molecule has 0 aliphatic rings. The first-order valence-electron chi connectivity index (χ1n) is 7.22. The Hall–Kier alpha value is -0.780. The third-order valence-corrected chi connectivity index (χ3v) is 3.39. The SMILES string of the molecule is CCCCc1ccc(C(C)(C)C)[c]c1C(C)(C)C. The average Bonchev–Trinajstić information content (AvgIpc) is 2.23. The molecule has 0 unspecified atom stereocenters. The highest BCUT2D eigenvalue weighted by Gasteiger charge is 2.22. The first-order chi connectivity index (χ1) is 8.16. The lowest BCUT2D eigenvalue weighted by Gasteiger charge is -2.27. The third-order valence-electron chi connectivity index (χ3n) is 3.39. The molecule has 1 radical (unpaired) electrons. The topological polar surface area (TPSA) is 0 Å². The van der Waals surface area contributed by atoms with Crippen molar-refractivity contribution >= 4 is 0 Å². The van der Waals surface area contributed by atoms with Crippen LogP contribution in [0.1, 0.15) is 78.0 Å². The molecule has 0 spiro atoms. The van der Waals surface area contributed by atoms with Crippen LogP contribution in [0.25, 0.3) is 0 Å². The van der Waals surface area contributed by atoms with Crippen LogP contribution in [0.4, 0.5) is 0 Å². The van der Waals surface area contributed by atoms with Crippen molar-refractivity contribution < 1.29 is 0 Å². The van der Waals surface area contributed by atoms with Crippen molar-refractivity contribution in [3.05, 3.63) is 34.9 Å². The summed E-state index contributed by atoms with van der Waals surface area (Å²) >= 11 is 0. The van der Waals surface area contributed by atoms with Crippen molar-refractivity contribution in [1.29, 1.82) is 0 Å². The van der Waals surface area contributed by atoms with E-state index >= 15 is 0 Å². The maximum atomic E-state index is 3.70. The molecule has 0 amide bonds. The number of hydrogen-bond donors (Lipinski definition) is 0. The lowest BCUT2D eigenvalue weighted by molar-refractivity contribution is 0.559. The highest BCUT2D eigenvalue weighted by Crippen LogP contribution is 2.31. The standard InChI is InChI=1S/C18H29/c1-8-9-10-14-11-12-15(17(2,3)4)13-16(14)18(5,6)7/h11-12H,8-10H2,1-7H3. The van der Waals surface area contributed by atoms with Crippen LogP contribution in [0.2, 0.25) is 0 Å². The fraction of sp³-hybridized carbons (Fsp3) is 0.667. The fourth-order valence-electron chi connectivity index (χ4n) is 2.21. The zero-order chi connectivity index (χ0) is 14.0. The molecule has 1 aromatic carbocycles. The van der Waals surface area contributed by atoms with Gasteiger partial charge in [-0.1, -0.05) is 67.0 Å². The van der Waals surface area contributed by atoms with Crippen LogP contribution in [0.5, 0.6) is 0 Å². The van der Waals surface area contributed by atoms with Crippen LogP contribution in [0, 0.1) is 6.07 Å². The number of aryl methyl sites for hydroxylation is 1. The Morgan fingerprint density at radius 1 is 0.944 bits per heavy atom. The Morgan fingerprint density at radius 2 is 1.56 bits per heavy atom. The minimum atomic E-state index is 0.184. The van der Waals surface area contributed by atoms with Crippen LogP contribution >= 0.6 is 0 Å². The molecule has 0 atom stereocenters. The van der Waals surface area contributed by atoms with Crippen LogP contribution in [0.15, 0.2) is 12.1 Å². The summed E-state index contributed by atoms with van der Waals surface area (Å²) in [5.74, 6) is 0. The second-order valence-corrected chi connectivity index (χ2v) is 7.38. The third kappa shape index (κ3) is 3.86. The van der Waals surface area contributed by atoms with E-state index in [4.69, 9.17) is 0 Å². The molecule has 0 N–H and O–H groups in total. The maximum absolute atomic E-state index is 3.70. The van der Waals surface area contributed by atoms with Gasteiger partial charge in [-0.3, -0.25) is 0 Å². The molecule has 0 heteroatoms. The smallest absolute Gasteiger partial charge is 0.0100 e. The minimum absolute atomic E-state index is 0.184. The van der Waals surface area contributed by atoms with Crippen LogP contribution in [-0.4, -0.2) is 0 Å². The number of rotatable bonds is 3. The van der Waals surface area contributed by atoms with Gasteiger partial charge in [0.05, 0.1) is 0 Å². The van der Waals surface area contributed by atoms with Gasteiger partial charge in [0, 0.05) is 0 Å². The van der Waals surface area contributed by atoms with Gasteiger partial charge < -0.3 is 0 Å². The maximum Gasteiger partial charge on any atom is -0.0100 e. The molecule has 0 aliphatic heterocycles. The van der Waals surface area contributed by atoms with Crippen LogP contribution < -0.4 is 0 Å². The largest absolute Gasteiger partial charge is 0.0654 e. The summed E-state index contributed by atoms with van der Waals surface area (Å²) in [6.45, 7) is 15.9. The predicted molar refractivity (Wildman–Crippen MR) is 81.3 cm³/mol. The van der Waals surface area contributed by atoms with Gasteiger partial charge >= 0.3 is 0 Å². The zero-order valence-electron chi connectivity index (χ0n) is 13.3. The van der Waals surface area contributed by atoms with E-state index < -0.39 is 0 Å². The van der Waals surface area contributed by atoms with Crippen molar-refractivity contribution in [2.75, 3.05) is 0 Å². The van der Waals surface area contributed by atoms with Gasteiger partial charge in [0.2, 0.25) is 0 Å². The Balaban J connectivity index is 3.21. The molecular formula is C18H29. The van der Waals surface area contributed by atoms with Gasteiger partial charge in [-0.2, -0.15) is 0 Å². The average molecular weight is 245 g/mol. The molecule has 1 aromatic rings. The second-order valence-electron chi connectivity index (χ2n) is 7.38. The summed E-state index contributed by atoms with van der Waals surface area (Å²) in [4.78, 5) is 0. The van der Waals surface area contributed by atoms with Crippen molar-refractivity contribution in [1.82, 2.24) is 0 Å². The summed E-state index contributed by atoms with van der Waals surface area (Å²) < 4.78 is 0. The molecule has 0 saturated heterocycles. The fourth-order valence-corrected chi connectivity index (χ4v) is 2.21. The number of hydrogen-bond acceptors (Lipinski definition) is 0. The first-order valence-corrected chi connectivity index (χ1v) is 7.22. The summed E-state index contributed by atoms with van der Waals surface area (Å²) in [5, 5.41) is 0. The second kappa shape index (κ2) is 5.47. The van der Waals surface area contributed by atoms with Crippen molar-refractivity contribution in [2.45, 2.75) is 78.6 Å². The Morgan fingerprint density at radius 3 is 2.00 bits per heavy atom. The number of unbranched alkanes of at least 4 members (excludes halogenated alkanes) is 1. The van der Waals surface area contributed by atoms with Gasteiger partial charge in [0.15, 0.2) is 0 Å². The highest BCUT2D eigenvalue weighted by molar-refractivity contribution is 5.38. The molecule has 0 aliphatic carbocycles. The molecule has 0 aromatic heterocycles. The van der Waals surface area contributed by atoms with E-state index in [1.165, 1.54) is 36.0 Å². The quantitative estimate of drug-likeness (QED) is 0.666. The Labute approximate surface area is 114 Å². The van der Waals surface area contributed by atoms with Gasteiger partial charge in [-0.05, 0) is 46.4 Å². The van der Waals surface area contributed by atoms with Gasteiger partial charge in [0.25, 0.3) is 0 Å². The van der Waals surface area contributed by atoms with Gasteiger partial charge in [-0.15, -0.1) is 0 Å². The zero-order valence-corrected chi connectivity index (χ0v) is 13.3. The molecule has 0 saturated carbocycles. The monoisotopic (exact) mass is 245 g/mol. The molecule has 0 heterocycles. The van der Waals surface area contributed by atoms with Gasteiger partial charge in [0.1, 0.15) is 0 Å². The molecule has 0 bridgehead atoms. The molecule has 0 fully saturated rings. The summed E-state index contributed by atoms with van der Waals surface area (Å²) in [6.07, 6.45) is 3.71. The van der Waals surface area contributed by atoms with Crippen molar-refractivity contribution in [3.8, 4) is 0 Å². The summed E-state index contributed by atoms with van der Waals surface area (Å²) in [6, 6.07) is 8.29. The van der Waals surface area contributed by atoms with Crippen molar-refractivity contribution in [2.24, 2.45) is 0 Å². The van der Waals surface area contributed by atoms with E-state index in [-0.39, 0.29) is 10.8 Å². The van der Waals surface area contributed by atoms with Crippen molar-refractivity contribution in [3.63, 3.8) is 0 Å². The number of benzene rings is 1. The molecular weight excluding hydrogens is 216 g/mol. The van der Waals surface area contributed by atoms with Crippen LogP contribution in [0.3, 0.4) is 0 Å². The van der Waals surface area contributed by atoms with E-state index in [9.17, 15) is 0 Å². The lowest BCUT2D eigenvalue weighted by atomic mass is 9.78. The molecule has 18 heavy (non-hydrogen) atoms. The molecule has 101 valence electrons. The summed E-state index contributed by atoms with van der Waals surface area (Å²) in [5.41, 5.74) is 4.58. The molecule has 1 rings (SSSR count). The summed E-state index contributed by atoms with van der Waals surface area (Å²) in [7, 11) is 0. The predicted octanol–water partition coefficient (Wildman–Crippen LogP) is 5.42. The first kappa shape index (κ1) is 15.3. The minimum Gasteiger partial charge on any atom is -0.0654 e. The Bertz CT molecular complexity index is 385. The normalized spacial score (nSPS) is 12.8. The Kier molecular flexibility index (Phi) is 4.64. The van der Waals surface area contributed by atoms with Crippen LogP contribution in [-0.2, 0) is 17.3 Å². The van der Waals surface area contributed by atoms with E-state index in [1.807, 2.05) is 0 Å². The van der Waals surface area contributed by atoms with E-state index in [1.54, 1.807) is 0 Å². The van der Waals surface area contributed by atoms with E-state index in [0.29, 0.717) is 0 Å². The molecule has 0 nitrogen and oxygen atoms in total. The highest BCUT2D eigenvalue weighted by atomic mass is 14.3. The lowest BCUT2D eigenvalue weighted by Crippen LogP contribution is -2.18. The van der Waals surface area contributed by atoms with E-state index in [0.717, 1.165) is 0 Å².